The molecule has 1 saturated heterocycles. The lowest BCUT2D eigenvalue weighted by Gasteiger charge is -2.38. The summed E-state index contributed by atoms with van der Waals surface area (Å²) in [6.07, 6.45) is 12.1. The molecule has 0 radical (unpaired) electrons. The van der Waals surface area contributed by atoms with Gasteiger partial charge in [0.15, 0.2) is 0 Å². The lowest BCUT2D eigenvalue weighted by atomic mass is 9.72. The predicted molar refractivity (Wildman–Crippen MR) is 84.8 cm³/mol. The van der Waals surface area contributed by atoms with Crippen LogP contribution in [0, 0.1) is 17.8 Å². The Balaban J connectivity index is 1.66. The minimum Gasteiger partial charge on any atom is -0.306 e. The topological polar surface area (TPSA) is 20.3 Å². The Hall–Kier alpha value is -0.370. The first-order valence-corrected chi connectivity index (χ1v) is 8.89. The van der Waals surface area contributed by atoms with Crippen molar-refractivity contribution in [1.82, 2.24) is 4.90 Å². The van der Waals surface area contributed by atoms with Crippen LogP contribution >= 0.6 is 0 Å². The largest absolute Gasteiger partial charge is 0.306 e. The van der Waals surface area contributed by atoms with Crippen molar-refractivity contribution in [2.75, 3.05) is 20.1 Å². The summed E-state index contributed by atoms with van der Waals surface area (Å²) in [6.45, 7) is 4.75. The summed E-state index contributed by atoms with van der Waals surface area (Å²) in [6, 6.07) is 0. The maximum Gasteiger partial charge on any atom is 0.133 e. The van der Waals surface area contributed by atoms with E-state index in [0.29, 0.717) is 11.7 Å². The molecule has 1 aliphatic heterocycles. The molecule has 0 aromatic carbocycles. The lowest BCUT2D eigenvalue weighted by molar-refractivity contribution is -0.120. The van der Waals surface area contributed by atoms with Crippen LogP contribution in [0.25, 0.3) is 0 Å². The monoisotopic (exact) mass is 279 g/mol. The standard InChI is InChI=1S/C18H33NO/c1-3-4-5-18(20)14-15-6-8-16(9-7-15)17-10-12-19(2)13-11-17/h15-17H,3-14H2,1-2H3. The van der Waals surface area contributed by atoms with E-state index in [9.17, 15) is 4.79 Å². The Labute approximate surface area is 125 Å². The highest BCUT2D eigenvalue weighted by atomic mass is 16.1. The Morgan fingerprint density at radius 2 is 1.60 bits per heavy atom. The van der Waals surface area contributed by atoms with Crippen LogP contribution in [0.1, 0.15) is 71.1 Å². The third-order valence-corrected chi connectivity index (χ3v) is 5.65. The minimum atomic E-state index is 0.523. The van der Waals surface area contributed by atoms with Gasteiger partial charge in [-0.25, -0.2) is 0 Å². The van der Waals surface area contributed by atoms with Crippen LogP contribution in [0.4, 0.5) is 0 Å². The number of piperidine rings is 1. The smallest absolute Gasteiger partial charge is 0.133 e. The number of likely N-dealkylation sites (tertiary alicyclic amines) is 1. The number of hydrogen-bond donors (Lipinski definition) is 0. The fourth-order valence-electron chi connectivity index (χ4n) is 4.16. The molecule has 20 heavy (non-hydrogen) atoms. The number of nitrogens with zero attached hydrogens (tertiary/aromatic N) is 1. The number of ketones is 1. The van der Waals surface area contributed by atoms with Crippen molar-refractivity contribution in [3.63, 3.8) is 0 Å². The van der Waals surface area contributed by atoms with Gasteiger partial charge in [-0.3, -0.25) is 4.79 Å². The van der Waals surface area contributed by atoms with E-state index in [4.69, 9.17) is 0 Å². The fourth-order valence-corrected chi connectivity index (χ4v) is 4.16. The average molecular weight is 279 g/mol. The summed E-state index contributed by atoms with van der Waals surface area (Å²) in [4.78, 5) is 14.4. The van der Waals surface area contributed by atoms with Gasteiger partial charge in [-0.15, -0.1) is 0 Å². The van der Waals surface area contributed by atoms with E-state index >= 15 is 0 Å². The molecule has 0 aromatic heterocycles. The lowest BCUT2D eigenvalue weighted by Crippen LogP contribution is -2.34. The van der Waals surface area contributed by atoms with Crippen LogP contribution in [-0.4, -0.2) is 30.8 Å². The van der Waals surface area contributed by atoms with Gasteiger partial charge in [-0.1, -0.05) is 13.3 Å². The summed E-state index contributed by atoms with van der Waals surface area (Å²) in [5.41, 5.74) is 0. The van der Waals surface area contributed by atoms with Crippen molar-refractivity contribution in [2.45, 2.75) is 71.1 Å². The van der Waals surface area contributed by atoms with Crippen LogP contribution < -0.4 is 0 Å². The molecule has 1 saturated carbocycles. The van der Waals surface area contributed by atoms with Gasteiger partial charge < -0.3 is 4.90 Å². The molecule has 2 rings (SSSR count). The van der Waals surface area contributed by atoms with Crippen molar-refractivity contribution >= 4 is 5.78 Å². The highest BCUT2D eigenvalue weighted by Crippen LogP contribution is 2.38. The van der Waals surface area contributed by atoms with Crippen molar-refractivity contribution in [2.24, 2.45) is 17.8 Å². The van der Waals surface area contributed by atoms with Gasteiger partial charge in [-0.2, -0.15) is 0 Å². The van der Waals surface area contributed by atoms with Crippen LogP contribution in [0.5, 0.6) is 0 Å². The second-order valence-corrected chi connectivity index (χ2v) is 7.27. The molecular formula is C18H33NO. The zero-order valence-corrected chi connectivity index (χ0v) is 13.6. The van der Waals surface area contributed by atoms with Gasteiger partial charge in [-0.05, 0) is 82.8 Å². The number of rotatable bonds is 6. The normalized spacial score (nSPS) is 29.5. The highest BCUT2D eigenvalue weighted by Gasteiger charge is 2.29. The molecule has 1 heterocycles. The van der Waals surface area contributed by atoms with Gasteiger partial charge in [0.1, 0.15) is 5.78 Å². The maximum atomic E-state index is 11.9. The zero-order chi connectivity index (χ0) is 14.4. The molecule has 0 bridgehead atoms. The van der Waals surface area contributed by atoms with Crippen molar-refractivity contribution in [3.8, 4) is 0 Å². The molecule has 2 fully saturated rings. The Bertz CT molecular complexity index is 286. The molecule has 0 amide bonds. The van der Waals surface area contributed by atoms with E-state index in [2.05, 4.69) is 18.9 Å². The summed E-state index contributed by atoms with van der Waals surface area (Å²) in [7, 11) is 2.25. The quantitative estimate of drug-likeness (QED) is 0.723. The Kier molecular flexibility index (Phi) is 6.54. The van der Waals surface area contributed by atoms with Gasteiger partial charge in [0.05, 0.1) is 0 Å². The SMILES string of the molecule is CCCCC(=O)CC1CCC(C2CCN(C)CC2)CC1. The minimum absolute atomic E-state index is 0.523. The first-order valence-electron chi connectivity index (χ1n) is 8.89. The number of unbranched alkanes of at least 4 members (excludes halogenated alkanes) is 1. The summed E-state index contributed by atoms with van der Waals surface area (Å²) in [5.74, 6) is 3.17. The fraction of sp³-hybridized carbons (Fsp3) is 0.944. The van der Waals surface area contributed by atoms with Crippen LogP contribution in [0.2, 0.25) is 0 Å². The van der Waals surface area contributed by atoms with E-state index in [0.717, 1.165) is 37.5 Å². The summed E-state index contributed by atoms with van der Waals surface area (Å²) >= 11 is 0. The van der Waals surface area contributed by atoms with Gasteiger partial charge in [0.2, 0.25) is 0 Å². The number of carbonyl (C=O) groups excluding carboxylic acids is 1. The second kappa shape index (κ2) is 8.17. The third kappa shape index (κ3) is 4.87. The first-order chi connectivity index (χ1) is 9.69. The maximum absolute atomic E-state index is 11.9. The molecule has 0 unspecified atom stereocenters. The first kappa shape index (κ1) is 16.0. The van der Waals surface area contributed by atoms with Crippen molar-refractivity contribution < 1.29 is 4.79 Å². The molecule has 0 N–H and O–H groups in total. The van der Waals surface area contributed by atoms with E-state index < -0.39 is 0 Å². The van der Waals surface area contributed by atoms with E-state index in [1.807, 2.05) is 0 Å². The highest BCUT2D eigenvalue weighted by molar-refractivity contribution is 5.78. The van der Waals surface area contributed by atoms with Gasteiger partial charge in [0.25, 0.3) is 0 Å². The summed E-state index contributed by atoms with van der Waals surface area (Å²) in [5, 5.41) is 0. The molecular weight excluding hydrogens is 246 g/mol. The van der Waals surface area contributed by atoms with Crippen LogP contribution in [-0.2, 0) is 4.79 Å². The van der Waals surface area contributed by atoms with E-state index in [-0.39, 0.29) is 0 Å². The molecule has 0 spiro atoms. The van der Waals surface area contributed by atoms with Gasteiger partial charge >= 0.3 is 0 Å². The predicted octanol–water partition coefficient (Wildman–Crippen LogP) is 4.28. The van der Waals surface area contributed by atoms with Crippen molar-refractivity contribution in [3.05, 3.63) is 0 Å². The number of hydrogen-bond acceptors (Lipinski definition) is 2. The molecule has 2 nitrogen and oxygen atoms in total. The molecule has 116 valence electrons. The Morgan fingerprint density at radius 3 is 2.20 bits per heavy atom. The van der Waals surface area contributed by atoms with Crippen LogP contribution in [0.15, 0.2) is 0 Å². The average Bonchev–Trinajstić information content (AvgIpc) is 2.47. The third-order valence-electron chi connectivity index (χ3n) is 5.65. The second-order valence-electron chi connectivity index (χ2n) is 7.27. The molecule has 2 aliphatic rings. The molecule has 1 aliphatic carbocycles. The molecule has 0 atom stereocenters. The molecule has 0 aromatic rings. The van der Waals surface area contributed by atoms with Crippen molar-refractivity contribution in [1.29, 1.82) is 0 Å². The summed E-state index contributed by atoms with van der Waals surface area (Å²) < 4.78 is 0. The zero-order valence-electron chi connectivity index (χ0n) is 13.6. The number of Topliss-reactive ketones (excluding diaryl/α,β-unsaturated/α-hetero) is 1. The number of carbonyl (C=O) groups is 1. The van der Waals surface area contributed by atoms with E-state index in [1.54, 1.807) is 0 Å². The molecule has 2 heteroatoms. The van der Waals surface area contributed by atoms with Gasteiger partial charge in [0, 0.05) is 12.8 Å². The van der Waals surface area contributed by atoms with Crippen LogP contribution in [0.3, 0.4) is 0 Å². The van der Waals surface area contributed by atoms with E-state index in [1.165, 1.54) is 51.6 Å². The Morgan fingerprint density at radius 1 is 1.00 bits per heavy atom.